The molecule has 2 aromatic rings. The highest BCUT2D eigenvalue weighted by Gasteiger charge is 2.27. The first-order valence-corrected chi connectivity index (χ1v) is 8.22. The Labute approximate surface area is 125 Å². The quantitative estimate of drug-likeness (QED) is 0.822. The fourth-order valence-corrected chi connectivity index (χ4v) is 3.76. The Bertz CT molecular complexity index is 709. The summed E-state index contributed by atoms with van der Waals surface area (Å²) in [6, 6.07) is 8.81. The van der Waals surface area contributed by atoms with Crippen LogP contribution in [0.4, 0.5) is 5.69 Å². The Morgan fingerprint density at radius 3 is 2.57 bits per heavy atom. The van der Waals surface area contributed by atoms with Gasteiger partial charge in [-0.1, -0.05) is 25.1 Å². The highest BCUT2D eigenvalue weighted by atomic mass is 32.2. The summed E-state index contributed by atoms with van der Waals surface area (Å²) < 4.78 is 28.3. The van der Waals surface area contributed by atoms with Crippen LogP contribution in [0.15, 0.2) is 41.6 Å². The van der Waals surface area contributed by atoms with Crippen LogP contribution in [0.3, 0.4) is 0 Å². The average Bonchev–Trinajstić information content (AvgIpc) is 2.87. The third-order valence-corrected chi connectivity index (χ3v) is 5.18. The van der Waals surface area contributed by atoms with Gasteiger partial charge in [-0.3, -0.25) is 4.68 Å². The molecule has 1 aromatic carbocycles. The Balaban J connectivity index is 2.35. The molecule has 0 saturated heterocycles. The molecule has 114 valence electrons. The minimum atomic E-state index is -3.59. The summed E-state index contributed by atoms with van der Waals surface area (Å²) in [4.78, 5) is 0. The van der Waals surface area contributed by atoms with Crippen LogP contribution >= 0.6 is 0 Å². The molecule has 21 heavy (non-hydrogen) atoms. The Morgan fingerprint density at radius 2 is 2.00 bits per heavy atom. The van der Waals surface area contributed by atoms with E-state index in [1.54, 1.807) is 13.1 Å². The van der Waals surface area contributed by atoms with Crippen molar-refractivity contribution in [1.82, 2.24) is 14.1 Å². The number of benzene rings is 1. The van der Waals surface area contributed by atoms with Crippen LogP contribution in [-0.2, 0) is 23.6 Å². The SMILES string of the molecule is CCCN(Cc1ccccc1N)S(=O)(=O)c1ccnn1C. The van der Waals surface area contributed by atoms with Crippen molar-refractivity contribution in [2.45, 2.75) is 24.9 Å². The molecule has 7 heteroatoms. The van der Waals surface area contributed by atoms with E-state index in [-0.39, 0.29) is 11.6 Å². The van der Waals surface area contributed by atoms with E-state index in [2.05, 4.69) is 5.10 Å². The van der Waals surface area contributed by atoms with Gasteiger partial charge < -0.3 is 5.73 Å². The first-order valence-electron chi connectivity index (χ1n) is 6.78. The molecule has 0 aliphatic carbocycles. The van der Waals surface area contributed by atoms with E-state index < -0.39 is 10.0 Å². The molecule has 0 saturated carbocycles. The molecule has 0 atom stereocenters. The number of aryl methyl sites for hydroxylation is 1. The van der Waals surface area contributed by atoms with Crippen molar-refractivity contribution in [3.8, 4) is 0 Å². The van der Waals surface area contributed by atoms with E-state index >= 15 is 0 Å². The molecule has 0 unspecified atom stereocenters. The molecular weight excluding hydrogens is 288 g/mol. The summed E-state index contributed by atoms with van der Waals surface area (Å²) >= 11 is 0. The summed E-state index contributed by atoms with van der Waals surface area (Å²) in [7, 11) is -1.97. The van der Waals surface area contributed by atoms with Crippen molar-refractivity contribution >= 4 is 15.7 Å². The Morgan fingerprint density at radius 1 is 1.29 bits per heavy atom. The molecule has 0 aliphatic rings. The maximum absolute atomic E-state index is 12.7. The van der Waals surface area contributed by atoms with Gasteiger partial charge in [-0.25, -0.2) is 8.42 Å². The summed E-state index contributed by atoms with van der Waals surface area (Å²) in [5.41, 5.74) is 7.32. The molecule has 0 radical (unpaired) electrons. The minimum absolute atomic E-state index is 0.186. The van der Waals surface area contributed by atoms with Gasteiger partial charge in [0.1, 0.15) is 0 Å². The number of rotatable bonds is 6. The number of nitrogens with zero attached hydrogens (tertiary/aromatic N) is 3. The molecule has 2 N–H and O–H groups in total. The van der Waals surface area contributed by atoms with Gasteiger partial charge in [0.25, 0.3) is 10.0 Å². The topological polar surface area (TPSA) is 81.2 Å². The third kappa shape index (κ3) is 3.25. The molecule has 0 fully saturated rings. The Hall–Kier alpha value is -1.86. The van der Waals surface area contributed by atoms with Crippen LogP contribution in [0.25, 0.3) is 0 Å². The van der Waals surface area contributed by atoms with E-state index in [1.807, 2.05) is 25.1 Å². The molecule has 0 spiro atoms. The van der Waals surface area contributed by atoms with Crippen molar-refractivity contribution in [3.05, 3.63) is 42.1 Å². The maximum Gasteiger partial charge on any atom is 0.260 e. The van der Waals surface area contributed by atoms with Crippen molar-refractivity contribution < 1.29 is 8.42 Å². The normalized spacial score (nSPS) is 12.0. The number of nitrogen functional groups attached to an aromatic ring is 1. The zero-order chi connectivity index (χ0) is 15.5. The van der Waals surface area contributed by atoms with E-state index in [0.29, 0.717) is 12.2 Å². The van der Waals surface area contributed by atoms with Crippen LogP contribution < -0.4 is 5.73 Å². The van der Waals surface area contributed by atoms with Crippen LogP contribution in [0, 0.1) is 0 Å². The number of para-hydroxylation sites is 1. The zero-order valence-electron chi connectivity index (χ0n) is 12.2. The molecule has 0 aliphatic heterocycles. The van der Waals surface area contributed by atoms with Gasteiger partial charge in [0.15, 0.2) is 5.03 Å². The van der Waals surface area contributed by atoms with Crippen LogP contribution in [0.2, 0.25) is 0 Å². The standard InChI is InChI=1S/C14H20N4O2S/c1-3-10-18(11-12-6-4-5-7-13(12)15)21(19,20)14-8-9-16-17(14)2/h4-9H,3,10-11,15H2,1-2H3. The predicted molar refractivity (Wildman–Crippen MR) is 81.9 cm³/mol. The smallest absolute Gasteiger partial charge is 0.260 e. The summed E-state index contributed by atoms with van der Waals surface area (Å²) in [6.45, 7) is 2.63. The van der Waals surface area contributed by atoms with E-state index in [0.717, 1.165) is 12.0 Å². The second kappa shape index (κ2) is 6.28. The maximum atomic E-state index is 12.7. The van der Waals surface area contributed by atoms with Crippen LogP contribution in [0.1, 0.15) is 18.9 Å². The van der Waals surface area contributed by atoms with E-state index in [1.165, 1.54) is 21.3 Å². The predicted octanol–water partition coefficient (Wildman–Crippen LogP) is 1.60. The van der Waals surface area contributed by atoms with E-state index in [4.69, 9.17) is 5.73 Å². The van der Waals surface area contributed by atoms with Gasteiger partial charge in [0, 0.05) is 25.8 Å². The first kappa shape index (κ1) is 15.5. The lowest BCUT2D eigenvalue weighted by molar-refractivity contribution is 0.400. The fraction of sp³-hybridized carbons (Fsp3) is 0.357. The van der Waals surface area contributed by atoms with E-state index in [9.17, 15) is 8.42 Å². The number of aromatic nitrogens is 2. The molecule has 0 bridgehead atoms. The highest BCUT2D eigenvalue weighted by molar-refractivity contribution is 7.89. The number of hydrogen-bond acceptors (Lipinski definition) is 4. The van der Waals surface area contributed by atoms with Gasteiger partial charge in [0.2, 0.25) is 0 Å². The highest BCUT2D eigenvalue weighted by Crippen LogP contribution is 2.20. The van der Waals surface area contributed by atoms with Crippen molar-refractivity contribution in [1.29, 1.82) is 0 Å². The summed E-state index contributed by atoms with van der Waals surface area (Å²) in [5.74, 6) is 0. The lowest BCUT2D eigenvalue weighted by Crippen LogP contribution is -2.33. The van der Waals surface area contributed by atoms with Crippen molar-refractivity contribution in [2.24, 2.45) is 7.05 Å². The van der Waals surface area contributed by atoms with Gasteiger partial charge in [-0.15, -0.1) is 0 Å². The molecule has 6 nitrogen and oxygen atoms in total. The summed E-state index contributed by atoms with van der Waals surface area (Å²) in [5, 5.41) is 4.12. The minimum Gasteiger partial charge on any atom is -0.398 e. The van der Waals surface area contributed by atoms with Crippen LogP contribution in [0.5, 0.6) is 0 Å². The molecular formula is C14H20N4O2S. The largest absolute Gasteiger partial charge is 0.398 e. The molecule has 1 aromatic heterocycles. The van der Waals surface area contributed by atoms with Gasteiger partial charge >= 0.3 is 0 Å². The molecule has 1 heterocycles. The first-order chi connectivity index (χ1) is 9.96. The molecule has 2 rings (SSSR count). The second-order valence-electron chi connectivity index (χ2n) is 4.83. The lowest BCUT2D eigenvalue weighted by Gasteiger charge is -2.22. The number of sulfonamides is 1. The van der Waals surface area contributed by atoms with Gasteiger partial charge in [-0.05, 0) is 24.1 Å². The Kier molecular flexibility index (Phi) is 4.64. The zero-order valence-corrected chi connectivity index (χ0v) is 13.0. The van der Waals surface area contributed by atoms with Crippen molar-refractivity contribution in [3.63, 3.8) is 0 Å². The average molecular weight is 308 g/mol. The monoisotopic (exact) mass is 308 g/mol. The number of anilines is 1. The van der Waals surface area contributed by atoms with Crippen molar-refractivity contribution in [2.75, 3.05) is 12.3 Å². The fourth-order valence-electron chi connectivity index (χ4n) is 2.15. The number of nitrogens with two attached hydrogens (primary N) is 1. The third-order valence-electron chi connectivity index (χ3n) is 3.25. The summed E-state index contributed by atoms with van der Waals surface area (Å²) in [6.07, 6.45) is 2.21. The van der Waals surface area contributed by atoms with Gasteiger partial charge in [-0.2, -0.15) is 9.40 Å². The lowest BCUT2D eigenvalue weighted by atomic mass is 10.2. The van der Waals surface area contributed by atoms with Gasteiger partial charge in [0.05, 0.1) is 6.20 Å². The second-order valence-corrected chi connectivity index (χ2v) is 6.72. The molecule has 0 amide bonds. The van der Waals surface area contributed by atoms with Crippen LogP contribution in [-0.4, -0.2) is 29.0 Å². The number of hydrogen-bond donors (Lipinski definition) is 1.